The van der Waals surface area contributed by atoms with Crippen molar-refractivity contribution in [2.45, 2.75) is 32.4 Å². The molecule has 0 radical (unpaired) electrons. The molecule has 1 aliphatic heterocycles. The van der Waals surface area contributed by atoms with Gasteiger partial charge in [-0.3, -0.25) is 4.57 Å². The molecule has 2 aromatic rings. The molecule has 3 rings (SSSR count). The highest BCUT2D eigenvalue weighted by Gasteiger charge is 2.19. The lowest BCUT2D eigenvalue weighted by atomic mass is 10.2. The molecule has 100 valence electrons. The molecule has 0 fully saturated rings. The second-order valence-corrected chi connectivity index (χ2v) is 4.53. The molecule has 0 unspecified atom stereocenters. The molecule has 19 heavy (non-hydrogen) atoms. The van der Waals surface area contributed by atoms with Gasteiger partial charge in [-0.25, -0.2) is 14.3 Å². The number of furan rings is 1. The van der Waals surface area contributed by atoms with Crippen LogP contribution in [-0.4, -0.2) is 25.4 Å². The molecule has 0 saturated carbocycles. The number of aryl methyl sites for hydroxylation is 1. The van der Waals surface area contributed by atoms with Crippen LogP contribution in [0.15, 0.2) is 21.5 Å². The smallest absolute Gasteiger partial charge is 0.346 e. The fraction of sp³-hybridized carbons (Fsp3) is 0.417. The number of nitrogens with zero attached hydrogens (tertiary/aromatic N) is 3. The lowest BCUT2D eigenvalue weighted by Crippen LogP contribution is -2.27. The van der Waals surface area contributed by atoms with E-state index in [4.69, 9.17) is 9.52 Å². The number of rotatable bonds is 3. The van der Waals surface area contributed by atoms with Gasteiger partial charge < -0.3 is 9.52 Å². The Morgan fingerprint density at radius 1 is 1.47 bits per heavy atom. The lowest BCUT2D eigenvalue weighted by Gasteiger charge is -2.09. The summed E-state index contributed by atoms with van der Waals surface area (Å²) in [6, 6.07) is 1.37. The van der Waals surface area contributed by atoms with Crippen molar-refractivity contribution in [2.24, 2.45) is 0 Å². The van der Waals surface area contributed by atoms with E-state index in [1.165, 1.54) is 17.0 Å². The van der Waals surface area contributed by atoms with Crippen molar-refractivity contribution < 1.29 is 14.3 Å². The second kappa shape index (κ2) is 4.42. The van der Waals surface area contributed by atoms with Crippen LogP contribution in [-0.2, 0) is 19.5 Å². The Labute approximate surface area is 108 Å². The highest BCUT2D eigenvalue weighted by Crippen LogP contribution is 2.13. The molecule has 0 saturated heterocycles. The maximum atomic E-state index is 12.1. The van der Waals surface area contributed by atoms with E-state index in [0.717, 1.165) is 25.1 Å². The summed E-state index contributed by atoms with van der Waals surface area (Å²) in [5.74, 6) is -0.0644. The number of hydrogen-bond acceptors (Lipinski definition) is 4. The van der Waals surface area contributed by atoms with E-state index in [0.29, 0.717) is 6.54 Å². The predicted octanol–water partition coefficient (Wildman–Crippen LogP) is 0.721. The highest BCUT2D eigenvalue weighted by atomic mass is 16.4. The van der Waals surface area contributed by atoms with Gasteiger partial charge >= 0.3 is 11.7 Å². The minimum absolute atomic E-state index is 0.0491. The first kappa shape index (κ1) is 11.8. The maximum absolute atomic E-state index is 12.1. The molecule has 1 aliphatic rings. The molecule has 1 N–H and O–H groups in total. The van der Waals surface area contributed by atoms with Crippen molar-refractivity contribution in [3.63, 3.8) is 0 Å². The summed E-state index contributed by atoms with van der Waals surface area (Å²) in [6.07, 6.45) is 4.09. The van der Waals surface area contributed by atoms with Crippen LogP contribution in [0.2, 0.25) is 0 Å². The zero-order valence-corrected chi connectivity index (χ0v) is 10.2. The van der Waals surface area contributed by atoms with Gasteiger partial charge in [0.2, 0.25) is 0 Å². The molecule has 3 heterocycles. The van der Waals surface area contributed by atoms with Crippen molar-refractivity contribution in [3.05, 3.63) is 40.0 Å². The highest BCUT2D eigenvalue weighted by molar-refractivity contribution is 5.88. The predicted molar refractivity (Wildman–Crippen MR) is 64.2 cm³/mol. The van der Waals surface area contributed by atoms with Crippen LogP contribution in [0.1, 0.15) is 34.8 Å². The minimum atomic E-state index is -1.07. The fourth-order valence-corrected chi connectivity index (χ4v) is 2.34. The Morgan fingerprint density at radius 2 is 2.32 bits per heavy atom. The Kier molecular flexibility index (Phi) is 2.73. The normalized spacial score (nSPS) is 14.3. The lowest BCUT2D eigenvalue weighted by molar-refractivity contribution is 0.0694. The van der Waals surface area contributed by atoms with E-state index in [2.05, 4.69) is 5.10 Å². The number of fused-ring (bicyclic) bond motifs is 1. The number of hydrogen-bond donors (Lipinski definition) is 1. The zero-order chi connectivity index (χ0) is 13.4. The molecule has 0 bridgehead atoms. The van der Waals surface area contributed by atoms with E-state index < -0.39 is 5.97 Å². The quantitative estimate of drug-likeness (QED) is 0.881. The number of carbonyl (C=O) groups is 1. The summed E-state index contributed by atoms with van der Waals surface area (Å²) in [5, 5.41) is 13.2. The summed E-state index contributed by atoms with van der Waals surface area (Å²) in [7, 11) is 0. The number of aromatic nitrogens is 3. The summed E-state index contributed by atoms with van der Waals surface area (Å²) >= 11 is 0. The van der Waals surface area contributed by atoms with Crippen LogP contribution in [0.25, 0.3) is 0 Å². The third-order valence-electron chi connectivity index (χ3n) is 3.30. The minimum Gasteiger partial charge on any atom is -0.478 e. The van der Waals surface area contributed by atoms with Crippen molar-refractivity contribution in [3.8, 4) is 0 Å². The number of carboxylic acids is 1. The maximum Gasteiger partial charge on any atom is 0.346 e. The monoisotopic (exact) mass is 263 g/mol. The van der Waals surface area contributed by atoms with Gasteiger partial charge in [0.25, 0.3) is 0 Å². The molecule has 7 nitrogen and oxygen atoms in total. The molecule has 0 aromatic carbocycles. The van der Waals surface area contributed by atoms with Crippen molar-refractivity contribution >= 4 is 5.97 Å². The van der Waals surface area contributed by atoms with Crippen LogP contribution < -0.4 is 5.69 Å². The number of carboxylic acid groups (broad SMARTS) is 1. The fourth-order valence-electron chi connectivity index (χ4n) is 2.34. The van der Waals surface area contributed by atoms with Gasteiger partial charge in [0.1, 0.15) is 23.7 Å². The van der Waals surface area contributed by atoms with Crippen LogP contribution in [0.4, 0.5) is 0 Å². The van der Waals surface area contributed by atoms with Gasteiger partial charge in [-0.15, -0.1) is 0 Å². The van der Waals surface area contributed by atoms with Gasteiger partial charge in [-0.05, 0) is 18.9 Å². The van der Waals surface area contributed by atoms with E-state index >= 15 is 0 Å². The van der Waals surface area contributed by atoms with Crippen LogP contribution in [0.3, 0.4) is 0 Å². The standard InChI is InChI=1S/C12H13N3O4/c16-11(17)8-4-6-19-9(8)7-15-12(18)14-5-2-1-3-10(14)13-15/h4,6H,1-3,5,7H2,(H,16,17). The van der Waals surface area contributed by atoms with Gasteiger partial charge in [0.05, 0.1) is 6.26 Å². The number of aromatic carboxylic acids is 1. The molecule has 0 spiro atoms. The molecule has 2 aromatic heterocycles. The molecule has 7 heteroatoms. The summed E-state index contributed by atoms with van der Waals surface area (Å²) in [6.45, 7) is 0.728. The van der Waals surface area contributed by atoms with Gasteiger partial charge in [-0.2, -0.15) is 5.10 Å². The SMILES string of the molecule is O=C(O)c1ccoc1Cn1nc2n(c1=O)CCCC2. The largest absolute Gasteiger partial charge is 0.478 e. The first-order valence-electron chi connectivity index (χ1n) is 6.13. The molecular formula is C12H13N3O4. The molecule has 0 atom stereocenters. The van der Waals surface area contributed by atoms with Crippen molar-refractivity contribution in [2.75, 3.05) is 0 Å². The van der Waals surface area contributed by atoms with E-state index in [9.17, 15) is 9.59 Å². The average molecular weight is 263 g/mol. The van der Waals surface area contributed by atoms with Gasteiger partial charge in [-0.1, -0.05) is 0 Å². The van der Waals surface area contributed by atoms with Crippen molar-refractivity contribution in [1.29, 1.82) is 0 Å². The Morgan fingerprint density at radius 3 is 3.05 bits per heavy atom. The Hall–Kier alpha value is -2.31. The van der Waals surface area contributed by atoms with Crippen LogP contribution in [0.5, 0.6) is 0 Å². The van der Waals surface area contributed by atoms with Gasteiger partial charge in [0.15, 0.2) is 0 Å². The first-order chi connectivity index (χ1) is 9.16. The van der Waals surface area contributed by atoms with Crippen LogP contribution >= 0.6 is 0 Å². The molecule has 0 aliphatic carbocycles. The molecule has 0 amide bonds. The third kappa shape index (κ3) is 1.96. The average Bonchev–Trinajstić information content (AvgIpc) is 2.97. The summed E-state index contributed by atoms with van der Waals surface area (Å²) in [4.78, 5) is 23.1. The van der Waals surface area contributed by atoms with E-state index in [1.807, 2.05) is 0 Å². The first-order valence-corrected chi connectivity index (χ1v) is 6.13. The van der Waals surface area contributed by atoms with E-state index in [-0.39, 0.29) is 23.6 Å². The Balaban J connectivity index is 1.96. The van der Waals surface area contributed by atoms with Gasteiger partial charge in [0, 0.05) is 13.0 Å². The zero-order valence-electron chi connectivity index (χ0n) is 10.2. The van der Waals surface area contributed by atoms with E-state index in [1.54, 1.807) is 4.57 Å². The third-order valence-corrected chi connectivity index (χ3v) is 3.30. The van der Waals surface area contributed by atoms with Crippen LogP contribution in [0, 0.1) is 0 Å². The summed E-state index contributed by atoms with van der Waals surface area (Å²) in [5.41, 5.74) is -0.139. The Bertz CT molecular complexity index is 679. The summed E-state index contributed by atoms with van der Waals surface area (Å²) < 4.78 is 8.04. The second-order valence-electron chi connectivity index (χ2n) is 4.53. The van der Waals surface area contributed by atoms with Crippen molar-refractivity contribution in [1.82, 2.24) is 14.3 Å². The topological polar surface area (TPSA) is 90.3 Å². The molecular weight excluding hydrogens is 250 g/mol.